The predicted molar refractivity (Wildman–Crippen MR) is 82.3 cm³/mol. The number of methoxy groups -OCH3 is 1. The van der Waals surface area contributed by atoms with Crippen LogP contribution in [0.2, 0.25) is 0 Å². The molecule has 0 bridgehead atoms. The van der Waals surface area contributed by atoms with Crippen LogP contribution in [0.4, 0.5) is 11.6 Å². The van der Waals surface area contributed by atoms with Crippen LogP contribution in [0.1, 0.15) is 46.4 Å². The maximum absolute atomic E-state index is 5.31. The summed E-state index contributed by atoms with van der Waals surface area (Å²) in [7, 11) is 1.77. The lowest BCUT2D eigenvalue weighted by molar-refractivity contribution is 0.0328. The van der Waals surface area contributed by atoms with E-state index >= 15 is 0 Å². The first-order valence-corrected chi connectivity index (χ1v) is 7.35. The van der Waals surface area contributed by atoms with Crippen LogP contribution in [0.5, 0.6) is 0 Å². The van der Waals surface area contributed by atoms with Crippen molar-refractivity contribution in [3.8, 4) is 0 Å². The van der Waals surface area contributed by atoms with Gasteiger partial charge in [0.05, 0.1) is 6.10 Å². The molecule has 1 aliphatic rings. The Kier molecular flexibility index (Phi) is 4.48. The molecule has 1 fully saturated rings. The van der Waals surface area contributed by atoms with Crippen LogP contribution in [0.3, 0.4) is 0 Å². The van der Waals surface area contributed by atoms with Gasteiger partial charge in [-0.05, 0) is 19.8 Å². The predicted octanol–water partition coefficient (Wildman–Crippen LogP) is 2.80. The van der Waals surface area contributed by atoms with Gasteiger partial charge in [0.2, 0.25) is 0 Å². The molecule has 1 heterocycles. The Labute approximate surface area is 121 Å². The normalized spacial score (nSPS) is 22.2. The van der Waals surface area contributed by atoms with E-state index in [4.69, 9.17) is 4.74 Å². The van der Waals surface area contributed by atoms with Gasteiger partial charge in [0.15, 0.2) is 0 Å². The highest BCUT2D eigenvalue weighted by molar-refractivity contribution is 5.49. The molecule has 0 saturated heterocycles. The zero-order chi connectivity index (χ0) is 14.8. The summed E-state index contributed by atoms with van der Waals surface area (Å²) in [6, 6.07) is 2.44. The highest BCUT2D eigenvalue weighted by atomic mass is 16.5. The molecule has 1 aromatic rings. The van der Waals surface area contributed by atoms with E-state index in [2.05, 4.69) is 48.3 Å². The summed E-state index contributed by atoms with van der Waals surface area (Å²) in [6.45, 7) is 9.32. The van der Waals surface area contributed by atoms with Gasteiger partial charge < -0.3 is 15.4 Å². The summed E-state index contributed by atoms with van der Waals surface area (Å²) in [5.74, 6) is 2.65. The maximum atomic E-state index is 5.31. The zero-order valence-corrected chi connectivity index (χ0v) is 13.2. The SMILES string of the molecule is CCNc1cc(NC2CC(OC)C2)nc(C(C)(C)C)n1. The minimum atomic E-state index is -0.0590. The van der Waals surface area contributed by atoms with Gasteiger partial charge >= 0.3 is 0 Å². The van der Waals surface area contributed by atoms with Gasteiger partial charge in [-0.25, -0.2) is 9.97 Å². The van der Waals surface area contributed by atoms with Crippen molar-refractivity contribution in [3.05, 3.63) is 11.9 Å². The molecule has 0 unspecified atom stereocenters. The minimum Gasteiger partial charge on any atom is -0.381 e. The van der Waals surface area contributed by atoms with Crippen molar-refractivity contribution in [3.63, 3.8) is 0 Å². The fraction of sp³-hybridized carbons (Fsp3) is 0.733. The number of nitrogens with zero attached hydrogens (tertiary/aromatic N) is 2. The van der Waals surface area contributed by atoms with Crippen LogP contribution in [-0.2, 0) is 10.2 Å². The highest BCUT2D eigenvalue weighted by Gasteiger charge is 2.29. The smallest absolute Gasteiger partial charge is 0.138 e. The largest absolute Gasteiger partial charge is 0.381 e. The molecule has 0 atom stereocenters. The third kappa shape index (κ3) is 3.60. The molecule has 0 radical (unpaired) electrons. The van der Waals surface area contributed by atoms with E-state index in [0.717, 1.165) is 36.8 Å². The molecule has 0 amide bonds. The Morgan fingerprint density at radius 3 is 2.45 bits per heavy atom. The summed E-state index contributed by atoms with van der Waals surface area (Å²) in [5.41, 5.74) is -0.0590. The molecular formula is C15H26N4O. The molecule has 1 aliphatic carbocycles. The Balaban J connectivity index is 2.13. The van der Waals surface area contributed by atoms with Gasteiger partial charge in [-0.15, -0.1) is 0 Å². The quantitative estimate of drug-likeness (QED) is 0.867. The average Bonchev–Trinajstić information content (AvgIpc) is 2.32. The molecule has 20 heavy (non-hydrogen) atoms. The van der Waals surface area contributed by atoms with Gasteiger partial charge in [0.1, 0.15) is 17.5 Å². The van der Waals surface area contributed by atoms with E-state index in [9.17, 15) is 0 Å². The lowest BCUT2D eigenvalue weighted by Gasteiger charge is -2.35. The Bertz CT molecular complexity index is 450. The van der Waals surface area contributed by atoms with Gasteiger partial charge in [0, 0.05) is 31.2 Å². The van der Waals surface area contributed by atoms with Crippen molar-refractivity contribution < 1.29 is 4.74 Å². The zero-order valence-electron chi connectivity index (χ0n) is 13.2. The first kappa shape index (κ1) is 15.0. The number of hydrogen-bond donors (Lipinski definition) is 2. The van der Waals surface area contributed by atoms with Crippen LogP contribution >= 0.6 is 0 Å². The number of nitrogens with one attached hydrogen (secondary N) is 2. The molecule has 1 saturated carbocycles. The number of rotatable bonds is 5. The van der Waals surface area contributed by atoms with Crippen LogP contribution in [-0.4, -0.2) is 35.8 Å². The topological polar surface area (TPSA) is 59.1 Å². The molecule has 0 spiro atoms. The monoisotopic (exact) mass is 278 g/mol. The van der Waals surface area contributed by atoms with Crippen molar-refractivity contribution >= 4 is 11.6 Å². The average molecular weight is 278 g/mol. The van der Waals surface area contributed by atoms with Crippen molar-refractivity contribution in [1.82, 2.24) is 9.97 Å². The molecule has 5 heteroatoms. The first-order chi connectivity index (χ1) is 9.42. The third-order valence-electron chi connectivity index (χ3n) is 3.54. The third-order valence-corrected chi connectivity index (χ3v) is 3.54. The Morgan fingerprint density at radius 1 is 1.25 bits per heavy atom. The van der Waals surface area contributed by atoms with Gasteiger partial charge in [-0.2, -0.15) is 0 Å². The van der Waals surface area contributed by atoms with Crippen LogP contribution in [0, 0.1) is 0 Å². The molecule has 2 N–H and O–H groups in total. The second kappa shape index (κ2) is 5.95. The molecule has 112 valence electrons. The maximum Gasteiger partial charge on any atom is 0.138 e. The van der Waals surface area contributed by atoms with Gasteiger partial charge in [-0.3, -0.25) is 0 Å². The van der Waals surface area contributed by atoms with E-state index in [1.54, 1.807) is 7.11 Å². The minimum absolute atomic E-state index is 0.0590. The standard InChI is InChI=1S/C15H26N4O/c1-6-16-12-9-13(17-10-7-11(8-10)20-5)19-14(18-12)15(2,3)4/h9-11H,6-8H2,1-5H3,(H2,16,17,18,19). The first-order valence-electron chi connectivity index (χ1n) is 7.35. The van der Waals surface area contributed by atoms with Crippen molar-refractivity contribution in [2.75, 3.05) is 24.3 Å². The van der Waals surface area contributed by atoms with Gasteiger partial charge in [-0.1, -0.05) is 20.8 Å². The molecule has 2 rings (SSSR count). The number of aromatic nitrogens is 2. The summed E-state index contributed by atoms with van der Waals surface area (Å²) in [6.07, 6.45) is 2.48. The fourth-order valence-corrected chi connectivity index (χ4v) is 2.21. The Hall–Kier alpha value is -1.36. The summed E-state index contributed by atoms with van der Waals surface area (Å²) in [4.78, 5) is 9.25. The number of anilines is 2. The van der Waals surface area contributed by atoms with Crippen molar-refractivity contribution in [2.45, 2.75) is 58.1 Å². The van der Waals surface area contributed by atoms with Crippen LogP contribution in [0.25, 0.3) is 0 Å². The summed E-state index contributed by atoms with van der Waals surface area (Å²) in [5, 5.41) is 6.76. The van der Waals surface area contributed by atoms with Gasteiger partial charge in [0.25, 0.3) is 0 Å². The molecule has 5 nitrogen and oxygen atoms in total. The van der Waals surface area contributed by atoms with Crippen molar-refractivity contribution in [2.24, 2.45) is 0 Å². The second-order valence-corrected chi connectivity index (χ2v) is 6.41. The van der Waals surface area contributed by atoms with E-state index in [-0.39, 0.29) is 5.41 Å². The van der Waals surface area contributed by atoms with E-state index in [1.807, 2.05) is 6.07 Å². The van der Waals surface area contributed by atoms with E-state index in [0.29, 0.717) is 12.1 Å². The van der Waals surface area contributed by atoms with E-state index in [1.165, 1.54) is 0 Å². The molecule has 0 aliphatic heterocycles. The fourth-order valence-electron chi connectivity index (χ4n) is 2.21. The molecule has 1 aromatic heterocycles. The second-order valence-electron chi connectivity index (χ2n) is 6.41. The highest BCUT2D eigenvalue weighted by Crippen LogP contribution is 2.28. The number of hydrogen-bond acceptors (Lipinski definition) is 5. The summed E-state index contributed by atoms with van der Waals surface area (Å²) >= 11 is 0. The van der Waals surface area contributed by atoms with Crippen LogP contribution < -0.4 is 10.6 Å². The van der Waals surface area contributed by atoms with Crippen LogP contribution in [0.15, 0.2) is 6.07 Å². The number of ether oxygens (including phenoxy) is 1. The molecular weight excluding hydrogens is 252 g/mol. The summed E-state index contributed by atoms with van der Waals surface area (Å²) < 4.78 is 5.31. The molecule has 0 aromatic carbocycles. The Morgan fingerprint density at radius 2 is 1.90 bits per heavy atom. The van der Waals surface area contributed by atoms with E-state index < -0.39 is 0 Å². The van der Waals surface area contributed by atoms with Crippen molar-refractivity contribution in [1.29, 1.82) is 0 Å². The lowest BCUT2D eigenvalue weighted by atomic mass is 9.89. The lowest BCUT2D eigenvalue weighted by Crippen LogP contribution is -2.40.